The van der Waals surface area contributed by atoms with Gasteiger partial charge < -0.3 is 19.1 Å². The summed E-state index contributed by atoms with van der Waals surface area (Å²) in [6.45, 7) is 0.311. The topological polar surface area (TPSA) is 81.8 Å². The van der Waals surface area contributed by atoms with Crippen LogP contribution in [0.25, 0.3) is 0 Å². The molecular weight excluding hydrogens is 226 g/mol. The van der Waals surface area contributed by atoms with E-state index in [1.54, 1.807) is 13.2 Å². The van der Waals surface area contributed by atoms with Gasteiger partial charge in [0.15, 0.2) is 5.76 Å². The van der Waals surface area contributed by atoms with Crippen LogP contribution in [0.1, 0.15) is 30.2 Å². The van der Waals surface area contributed by atoms with Crippen molar-refractivity contribution in [1.29, 1.82) is 0 Å². The van der Waals surface area contributed by atoms with Crippen LogP contribution in [0.15, 0.2) is 10.6 Å². The number of methoxy groups -OCH3 is 2. The van der Waals surface area contributed by atoms with Gasteiger partial charge in [-0.2, -0.15) is 0 Å². The Labute approximate surface area is 99.5 Å². The number of ether oxygens (including phenoxy) is 2. The molecule has 0 saturated carbocycles. The predicted molar refractivity (Wildman–Crippen MR) is 58.3 cm³/mol. The zero-order valence-corrected chi connectivity index (χ0v) is 10.0. The summed E-state index contributed by atoms with van der Waals surface area (Å²) in [6.07, 6.45) is 0.861. The van der Waals surface area contributed by atoms with E-state index < -0.39 is 0 Å². The summed E-state index contributed by atoms with van der Waals surface area (Å²) >= 11 is 0. The lowest BCUT2D eigenvalue weighted by molar-refractivity contribution is -0.141. The maximum Gasteiger partial charge on any atom is 0.306 e. The van der Waals surface area contributed by atoms with Gasteiger partial charge >= 0.3 is 5.97 Å². The smallest absolute Gasteiger partial charge is 0.306 e. The number of rotatable bonds is 7. The number of carbonyl (C=O) groups is 1. The fourth-order valence-electron chi connectivity index (χ4n) is 1.50. The molecule has 0 aliphatic heterocycles. The van der Waals surface area contributed by atoms with Crippen LogP contribution in [-0.2, 0) is 20.9 Å². The highest BCUT2D eigenvalue weighted by molar-refractivity contribution is 5.70. The second-order valence-electron chi connectivity index (χ2n) is 3.63. The van der Waals surface area contributed by atoms with E-state index in [0.29, 0.717) is 24.5 Å². The van der Waals surface area contributed by atoms with Crippen molar-refractivity contribution in [2.45, 2.75) is 25.4 Å². The van der Waals surface area contributed by atoms with Crippen molar-refractivity contribution in [3.63, 3.8) is 0 Å². The Bertz CT molecular complexity index is 349. The van der Waals surface area contributed by atoms with E-state index in [4.69, 9.17) is 14.4 Å². The lowest BCUT2D eigenvalue weighted by Crippen LogP contribution is -2.11. The molecule has 96 valence electrons. The quantitative estimate of drug-likeness (QED) is 0.715. The van der Waals surface area contributed by atoms with Crippen LogP contribution in [0.5, 0.6) is 0 Å². The van der Waals surface area contributed by atoms with Gasteiger partial charge in [0.1, 0.15) is 6.61 Å². The third-order valence-electron chi connectivity index (χ3n) is 2.46. The minimum atomic E-state index is -0.306. The minimum Gasteiger partial charge on any atom is -0.469 e. The summed E-state index contributed by atoms with van der Waals surface area (Å²) in [6, 6.07) is 1.64. The summed E-state index contributed by atoms with van der Waals surface area (Å²) in [5.74, 6) is -0.0432. The normalized spacial score (nSPS) is 12.4. The zero-order valence-electron chi connectivity index (χ0n) is 10.0. The van der Waals surface area contributed by atoms with E-state index in [1.165, 1.54) is 7.11 Å². The Morgan fingerprint density at radius 3 is 2.88 bits per heavy atom. The molecule has 6 heteroatoms. The number of aromatic nitrogens is 1. The minimum absolute atomic E-state index is 0.119. The molecule has 0 bridgehead atoms. The van der Waals surface area contributed by atoms with Crippen molar-refractivity contribution in [3.05, 3.63) is 17.5 Å². The molecule has 1 N–H and O–H groups in total. The Hall–Kier alpha value is -1.40. The Morgan fingerprint density at radius 2 is 2.35 bits per heavy atom. The number of aliphatic hydroxyl groups is 1. The average molecular weight is 243 g/mol. The molecule has 0 radical (unpaired) electrons. The van der Waals surface area contributed by atoms with Crippen molar-refractivity contribution in [2.24, 2.45) is 0 Å². The van der Waals surface area contributed by atoms with E-state index in [-0.39, 0.29) is 24.9 Å². The first kappa shape index (κ1) is 13.7. The first-order valence-electron chi connectivity index (χ1n) is 5.33. The Kier molecular flexibility index (Phi) is 5.65. The second kappa shape index (κ2) is 7.03. The third-order valence-corrected chi connectivity index (χ3v) is 2.46. The second-order valence-corrected chi connectivity index (χ2v) is 3.63. The van der Waals surface area contributed by atoms with Gasteiger partial charge in [-0.15, -0.1) is 0 Å². The molecule has 1 atom stereocenters. The molecule has 0 saturated heterocycles. The van der Waals surface area contributed by atoms with E-state index in [2.05, 4.69) is 9.89 Å². The monoisotopic (exact) mass is 243 g/mol. The lowest BCUT2D eigenvalue weighted by Gasteiger charge is -2.11. The molecule has 1 rings (SSSR count). The maximum atomic E-state index is 11.3. The lowest BCUT2D eigenvalue weighted by atomic mass is 9.98. The van der Waals surface area contributed by atoms with Crippen LogP contribution in [0.4, 0.5) is 0 Å². The Balaban J connectivity index is 2.70. The maximum absolute atomic E-state index is 11.3. The summed E-state index contributed by atoms with van der Waals surface area (Å²) in [5.41, 5.74) is 0.636. The largest absolute Gasteiger partial charge is 0.469 e. The van der Waals surface area contributed by atoms with Crippen molar-refractivity contribution < 1.29 is 23.9 Å². The van der Waals surface area contributed by atoms with Crippen LogP contribution in [0, 0.1) is 0 Å². The summed E-state index contributed by atoms with van der Waals surface area (Å²) < 4.78 is 14.5. The molecule has 0 spiro atoms. The van der Waals surface area contributed by atoms with Gasteiger partial charge in [0.2, 0.25) is 0 Å². The molecule has 0 aliphatic rings. The summed E-state index contributed by atoms with van der Waals surface area (Å²) in [5, 5.41) is 12.7. The molecule has 1 aromatic heterocycles. The van der Waals surface area contributed by atoms with Gasteiger partial charge in [-0.3, -0.25) is 4.79 Å². The molecule has 6 nitrogen and oxygen atoms in total. The van der Waals surface area contributed by atoms with Crippen LogP contribution >= 0.6 is 0 Å². The average Bonchev–Trinajstić information content (AvgIpc) is 2.82. The third kappa shape index (κ3) is 4.16. The molecule has 1 heterocycles. The van der Waals surface area contributed by atoms with Crippen LogP contribution in [0.3, 0.4) is 0 Å². The zero-order chi connectivity index (χ0) is 12.7. The molecule has 0 aromatic carbocycles. The molecule has 1 aromatic rings. The Morgan fingerprint density at radius 1 is 1.59 bits per heavy atom. The van der Waals surface area contributed by atoms with E-state index in [1.807, 2.05) is 0 Å². The number of nitrogens with zero attached hydrogens (tertiary/aromatic N) is 1. The van der Waals surface area contributed by atoms with E-state index in [9.17, 15) is 4.79 Å². The number of aliphatic hydroxyl groups excluding tert-OH is 1. The van der Waals surface area contributed by atoms with E-state index >= 15 is 0 Å². The van der Waals surface area contributed by atoms with E-state index in [0.717, 1.165) is 0 Å². The van der Waals surface area contributed by atoms with Crippen molar-refractivity contribution in [1.82, 2.24) is 5.16 Å². The van der Waals surface area contributed by atoms with Crippen molar-refractivity contribution >= 4 is 5.97 Å². The van der Waals surface area contributed by atoms with Crippen molar-refractivity contribution in [2.75, 3.05) is 20.8 Å². The van der Waals surface area contributed by atoms with Gasteiger partial charge in [-0.1, -0.05) is 5.16 Å². The molecule has 17 heavy (non-hydrogen) atoms. The van der Waals surface area contributed by atoms with Gasteiger partial charge in [0.25, 0.3) is 0 Å². The fourth-order valence-corrected chi connectivity index (χ4v) is 1.50. The number of carbonyl (C=O) groups excluding carboxylic acids is 1. The highest BCUT2D eigenvalue weighted by Gasteiger charge is 2.20. The SMILES string of the molecule is COCCC(CC(=O)OC)c1cc(CO)on1. The highest BCUT2D eigenvalue weighted by Crippen LogP contribution is 2.23. The standard InChI is InChI=1S/C11H17NO5/c1-15-4-3-8(5-11(14)16-2)10-6-9(7-13)17-12-10/h6,8,13H,3-5,7H2,1-2H3. The van der Waals surface area contributed by atoms with Crippen LogP contribution in [0.2, 0.25) is 0 Å². The van der Waals surface area contributed by atoms with Gasteiger partial charge in [-0.25, -0.2) is 0 Å². The molecule has 0 fully saturated rings. The highest BCUT2D eigenvalue weighted by atomic mass is 16.5. The van der Waals surface area contributed by atoms with Gasteiger partial charge in [0.05, 0.1) is 19.2 Å². The molecule has 0 amide bonds. The van der Waals surface area contributed by atoms with Gasteiger partial charge in [0, 0.05) is 25.7 Å². The molecule has 1 unspecified atom stereocenters. The molecular formula is C11H17NO5. The van der Waals surface area contributed by atoms with Crippen LogP contribution < -0.4 is 0 Å². The number of hydrogen-bond acceptors (Lipinski definition) is 6. The summed E-state index contributed by atoms with van der Waals surface area (Å²) in [7, 11) is 2.94. The number of hydrogen-bond donors (Lipinski definition) is 1. The number of esters is 1. The first-order valence-corrected chi connectivity index (χ1v) is 5.33. The van der Waals surface area contributed by atoms with Crippen LogP contribution in [-0.4, -0.2) is 37.1 Å². The predicted octanol–water partition coefficient (Wildman–Crippen LogP) is 0.850. The van der Waals surface area contributed by atoms with Crippen molar-refractivity contribution in [3.8, 4) is 0 Å². The summed E-state index contributed by atoms with van der Waals surface area (Å²) in [4.78, 5) is 11.3. The fraction of sp³-hybridized carbons (Fsp3) is 0.636. The van der Waals surface area contributed by atoms with Gasteiger partial charge in [-0.05, 0) is 6.42 Å². The first-order chi connectivity index (χ1) is 8.21. The molecule has 0 aliphatic carbocycles.